The number of nitrogens with one attached hydrogen (secondary N) is 2. The van der Waals surface area contributed by atoms with Gasteiger partial charge in [-0.3, -0.25) is 14.4 Å². The Balaban J connectivity index is 1.14. The fraction of sp³-hybridized carbons (Fsp3) is 0.410. The van der Waals surface area contributed by atoms with Crippen molar-refractivity contribution in [1.82, 2.24) is 20.1 Å². The number of aryl methyl sites for hydroxylation is 1. The van der Waals surface area contributed by atoms with Crippen molar-refractivity contribution in [3.63, 3.8) is 0 Å². The van der Waals surface area contributed by atoms with Crippen molar-refractivity contribution in [2.45, 2.75) is 51.5 Å². The van der Waals surface area contributed by atoms with Gasteiger partial charge in [0.25, 0.3) is 5.91 Å². The van der Waals surface area contributed by atoms with E-state index in [9.17, 15) is 14.4 Å². The number of aromatic amines is 1. The van der Waals surface area contributed by atoms with Crippen molar-refractivity contribution >= 4 is 45.9 Å². The summed E-state index contributed by atoms with van der Waals surface area (Å²) in [5.74, 6) is 0.432. The van der Waals surface area contributed by atoms with Crippen molar-refractivity contribution in [2.24, 2.45) is 11.8 Å². The Bertz CT molecular complexity index is 1760. The summed E-state index contributed by atoms with van der Waals surface area (Å²) in [7, 11) is 4.09. The number of H-pyrrole nitrogens is 1. The normalized spacial score (nSPS) is 17.4. The van der Waals surface area contributed by atoms with Crippen LogP contribution in [0.2, 0.25) is 5.02 Å². The monoisotopic (exact) mass is 667 g/mol. The van der Waals surface area contributed by atoms with Crippen LogP contribution in [0.1, 0.15) is 52.7 Å². The first-order valence-electron chi connectivity index (χ1n) is 17.1. The van der Waals surface area contributed by atoms with Gasteiger partial charge in [-0.1, -0.05) is 47.5 Å². The largest absolute Gasteiger partial charge is 0.361 e. The van der Waals surface area contributed by atoms with Crippen LogP contribution in [0.15, 0.2) is 72.9 Å². The predicted molar refractivity (Wildman–Crippen MR) is 193 cm³/mol. The lowest BCUT2D eigenvalue weighted by atomic mass is 9.90. The molecule has 0 spiro atoms. The first-order valence-corrected chi connectivity index (χ1v) is 17.5. The summed E-state index contributed by atoms with van der Waals surface area (Å²) < 4.78 is 0. The molecule has 2 atom stereocenters. The van der Waals surface area contributed by atoms with E-state index in [0.717, 1.165) is 71.1 Å². The number of amides is 3. The summed E-state index contributed by atoms with van der Waals surface area (Å²) in [6.45, 7) is 4.80. The van der Waals surface area contributed by atoms with Gasteiger partial charge in [0, 0.05) is 72.4 Å². The molecule has 3 heterocycles. The van der Waals surface area contributed by atoms with Crippen LogP contribution in [0.3, 0.4) is 0 Å². The smallest absolute Gasteiger partial charge is 0.253 e. The highest BCUT2D eigenvalue weighted by molar-refractivity contribution is 6.30. The molecule has 8 nitrogen and oxygen atoms in total. The molecular formula is C39H46ClN5O3. The highest BCUT2D eigenvalue weighted by Gasteiger charge is 2.34. The SMILES string of the molecule is Cc1ccc(C(=O)N2CCC(CCC(=O)N[C@H](Cc3c[nH]c4ccccc34)C(=O)N3C[C@H](CN(C)C)Cc4cc(Cl)ccc43)CC2)cc1. The highest BCUT2D eigenvalue weighted by atomic mass is 35.5. The molecule has 1 fully saturated rings. The molecule has 2 aliphatic rings. The first kappa shape index (κ1) is 33.7. The molecule has 0 saturated carbocycles. The number of piperidine rings is 1. The van der Waals surface area contributed by atoms with Crippen molar-refractivity contribution in [3.05, 3.63) is 100 Å². The number of benzene rings is 3. The number of hydrogen-bond acceptors (Lipinski definition) is 4. The third-order valence-corrected chi connectivity index (χ3v) is 10.1. The third kappa shape index (κ3) is 7.93. The standard InChI is InChI=1S/C39H46ClN5O3/c1-26-8-11-29(12-9-26)38(47)44-18-16-27(17-19-44)10-15-37(46)42-35(22-31-23-41-34-7-5-4-6-33(31)34)39(48)45-25-28(24-43(2)3)20-30-21-32(40)13-14-36(30)45/h4-9,11-14,21,23,27-28,35,41H,10,15-20,22,24-25H2,1-3H3,(H,42,46)/t28-,35+/m0/s1. The van der Waals surface area contributed by atoms with E-state index in [1.807, 2.05) is 104 Å². The lowest BCUT2D eigenvalue weighted by Crippen LogP contribution is -2.53. The number of likely N-dealkylation sites (tertiary alicyclic amines) is 1. The van der Waals surface area contributed by atoms with Gasteiger partial charge in [0.1, 0.15) is 6.04 Å². The van der Waals surface area contributed by atoms with E-state index in [1.54, 1.807) is 0 Å². The lowest BCUT2D eigenvalue weighted by Gasteiger charge is -2.37. The maximum atomic E-state index is 14.5. The van der Waals surface area contributed by atoms with E-state index in [4.69, 9.17) is 11.6 Å². The van der Waals surface area contributed by atoms with Crippen LogP contribution in [0.25, 0.3) is 10.9 Å². The van der Waals surface area contributed by atoms with Gasteiger partial charge < -0.3 is 25.0 Å². The summed E-state index contributed by atoms with van der Waals surface area (Å²) in [5.41, 5.74) is 5.77. The van der Waals surface area contributed by atoms with Gasteiger partial charge in [-0.2, -0.15) is 0 Å². The zero-order valence-corrected chi connectivity index (χ0v) is 28.9. The molecule has 4 aromatic rings. The zero-order chi connectivity index (χ0) is 33.8. The summed E-state index contributed by atoms with van der Waals surface area (Å²) in [6.07, 6.45) is 5.96. The highest BCUT2D eigenvalue weighted by Crippen LogP contribution is 2.33. The summed E-state index contributed by atoms with van der Waals surface area (Å²) >= 11 is 6.40. The molecule has 9 heteroatoms. The topological polar surface area (TPSA) is 88.8 Å². The minimum Gasteiger partial charge on any atom is -0.361 e. The molecule has 2 aliphatic heterocycles. The Kier molecular flexibility index (Phi) is 10.5. The van der Waals surface area contributed by atoms with E-state index in [-0.39, 0.29) is 23.6 Å². The van der Waals surface area contributed by atoms with Gasteiger partial charge in [-0.25, -0.2) is 0 Å². The fourth-order valence-electron chi connectivity index (χ4n) is 7.37. The quantitative estimate of drug-likeness (QED) is 0.209. The van der Waals surface area contributed by atoms with Gasteiger partial charge >= 0.3 is 0 Å². The number of para-hydroxylation sites is 1. The maximum Gasteiger partial charge on any atom is 0.253 e. The Hall–Kier alpha value is -4.14. The van der Waals surface area contributed by atoms with E-state index < -0.39 is 6.04 Å². The average molecular weight is 668 g/mol. The molecule has 0 aliphatic carbocycles. The summed E-state index contributed by atoms with van der Waals surface area (Å²) in [4.78, 5) is 50.4. The van der Waals surface area contributed by atoms with E-state index in [2.05, 4.69) is 15.2 Å². The Labute approximate surface area is 288 Å². The third-order valence-electron chi connectivity index (χ3n) is 9.88. The van der Waals surface area contributed by atoms with Crippen molar-refractivity contribution < 1.29 is 14.4 Å². The van der Waals surface area contributed by atoms with Crippen LogP contribution in [-0.4, -0.2) is 78.8 Å². The molecule has 252 valence electrons. The maximum absolute atomic E-state index is 14.5. The molecule has 48 heavy (non-hydrogen) atoms. The van der Waals surface area contributed by atoms with Crippen LogP contribution in [0.4, 0.5) is 5.69 Å². The minimum absolute atomic E-state index is 0.0687. The number of nitrogens with zero attached hydrogens (tertiary/aromatic N) is 3. The Morgan fingerprint density at radius 1 is 1.00 bits per heavy atom. The number of carbonyl (C=O) groups excluding carboxylic acids is 3. The van der Waals surface area contributed by atoms with Crippen LogP contribution >= 0.6 is 11.6 Å². The summed E-state index contributed by atoms with van der Waals surface area (Å²) in [6, 6.07) is 20.8. The van der Waals surface area contributed by atoms with Gasteiger partial charge in [-0.15, -0.1) is 0 Å². The first-order chi connectivity index (χ1) is 23.1. The molecule has 0 bridgehead atoms. The van der Waals surface area contributed by atoms with Crippen LogP contribution in [0, 0.1) is 18.8 Å². The average Bonchev–Trinajstić information content (AvgIpc) is 3.49. The number of rotatable bonds is 10. The molecule has 0 unspecified atom stereocenters. The van der Waals surface area contributed by atoms with Gasteiger partial charge in [0.15, 0.2) is 0 Å². The molecule has 2 N–H and O–H groups in total. The van der Waals surface area contributed by atoms with Gasteiger partial charge in [0.2, 0.25) is 11.8 Å². The molecule has 6 rings (SSSR count). The second kappa shape index (κ2) is 15.0. The van der Waals surface area contributed by atoms with Gasteiger partial charge in [-0.05, 0) is 106 Å². The van der Waals surface area contributed by atoms with E-state index >= 15 is 0 Å². The van der Waals surface area contributed by atoms with Crippen molar-refractivity contribution in [3.8, 4) is 0 Å². The molecular weight excluding hydrogens is 622 g/mol. The number of halogens is 1. The van der Waals surface area contributed by atoms with E-state index in [1.165, 1.54) is 0 Å². The van der Waals surface area contributed by atoms with Crippen LogP contribution in [-0.2, 0) is 22.4 Å². The number of anilines is 1. The lowest BCUT2D eigenvalue weighted by molar-refractivity contribution is -0.127. The van der Waals surface area contributed by atoms with E-state index in [0.29, 0.717) is 43.4 Å². The Morgan fingerprint density at radius 3 is 2.50 bits per heavy atom. The number of aromatic nitrogens is 1. The summed E-state index contributed by atoms with van der Waals surface area (Å²) in [5, 5.41) is 4.86. The zero-order valence-electron chi connectivity index (χ0n) is 28.2. The van der Waals surface area contributed by atoms with Crippen LogP contribution < -0.4 is 10.2 Å². The molecule has 3 amide bonds. The second-order valence-electron chi connectivity index (χ2n) is 13.9. The molecule has 3 aromatic carbocycles. The van der Waals surface area contributed by atoms with Crippen molar-refractivity contribution in [1.29, 1.82) is 0 Å². The van der Waals surface area contributed by atoms with Crippen LogP contribution in [0.5, 0.6) is 0 Å². The minimum atomic E-state index is -0.729. The fourth-order valence-corrected chi connectivity index (χ4v) is 7.57. The predicted octanol–water partition coefficient (Wildman–Crippen LogP) is 6.26. The van der Waals surface area contributed by atoms with Crippen molar-refractivity contribution in [2.75, 3.05) is 45.2 Å². The molecule has 1 saturated heterocycles. The second-order valence-corrected chi connectivity index (χ2v) is 14.3. The molecule has 1 aromatic heterocycles. The van der Waals surface area contributed by atoms with Gasteiger partial charge in [0.05, 0.1) is 0 Å². The number of hydrogen-bond donors (Lipinski definition) is 2. The number of carbonyl (C=O) groups is 3. The Morgan fingerprint density at radius 2 is 1.75 bits per heavy atom. The molecule has 0 radical (unpaired) electrons. The number of fused-ring (bicyclic) bond motifs is 2.